The van der Waals surface area contributed by atoms with Gasteiger partial charge in [0.2, 0.25) is 0 Å². The molecule has 74 valence electrons. The van der Waals surface area contributed by atoms with Gasteiger partial charge in [0.05, 0.1) is 5.52 Å². The molecule has 2 heteroatoms. The van der Waals surface area contributed by atoms with Gasteiger partial charge in [-0.2, -0.15) is 0 Å². The number of nitrogens with two attached hydrogens (primary N) is 1. The zero-order valence-corrected chi connectivity index (χ0v) is 8.48. The largest absolute Gasteiger partial charge is 0.330 e. The lowest BCUT2D eigenvalue weighted by atomic mass is 10.2. The number of para-hydroxylation sites is 1. The topological polar surface area (TPSA) is 38.9 Å². The van der Waals surface area contributed by atoms with Crippen molar-refractivity contribution in [3.8, 4) is 0 Å². The summed E-state index contributed by atoms with van der Waals surface area (Å²) in [5.41, 5.74) is 6.09. The van der Waals surface area contributed by atoms with E-state index in [0.29, 0.717) is 0 Å². The number of rotatable bonds is 1. The highest BCUT2D eigenvalue weighted by Crippen LogP contribution is 2.07. The maximum atomic E-state index is 5.03. The van der Waals surface area contributed by atoms with Crippen molar-refractivity contribution in [2.45, 2.75) is 13.3 Å². The number of pyridine rings is 1. The smallest absolute Gasteiger partial charge is 0.0701 e. The Hall–Kier alpha value is -1.41. The summed E-state index contributed by atoms with van der Waals surface area (Å²) in [5, 5.41) is 1.20. The van der Waals surface area contributed by atoms with E-state index in [2.05, 4.69) is 24.0 Å². The first kappa shape index (κ1) is 10.7. The predicted octanol–water partition coefficient (Wildman–Crippen LogP) is 2.59. The fourth-order valence-corrected chi connectivity index (χ4v) is 1.02. The third-order valence-corrected chi connectivity index (χ3v) is 1.80. The molecule has 0 saturated carbocycles. The molecule has 0 aliphatic carbocycles. The van der Waals surface area contributed by atoms with Crippen molar-refractivity contribution in [1.82, 2.24) is 4.98 Å². The first-order valence-electron chi connectivity index (χ1n) is 4.88. The van der Waals surface area contributed by atoms with Crippen LogP contribution in [0.1, 0.15) is 13.3 Å². The molecule has 0 amide bonds. The van der Waals surface area contributed by atoms with Crippen LogP contribution in [-0.2, 0) is 0 Å². The minimum Gasteiger partial charge on any atom is -0.330 e. The van der Waals surface area contributed by atoms with E-state index in [0.717, 1.165) is 18.5 Å². The van der Waals surface area contributed by atoms with E-state index in [1.54, 1.807) is 0 Å². The molecule has 0 atom stereocenters. The quantitative estimate of drug-likeness (QED) is 0.747. The molecule has 0 aliphatic rings. The van der Waals surface area contributed by atoms with E-state index in [1.807, 2.05) is 30.5 Å². The van der Waals surface area contributed by atoms with Crippen molar-refractivity contribution in [2.75, 3.05) is 6.54 Å². The van der Waals surface area contributed by atoms with Gasteiger partial charge in [-0.1, -0.05) is 31.2 Å². The van der Waals surface area contributed by atoms with Crippen molar-refractivity contribution >= 4 is 10.9 Å². The maximum Gasteiger partial charge on any atom is 0.0701 e. The van der Waals surface area contributed by atoms with Crippen molar-refractivity contribution in [3.05, 3.63) is 42.6 Å². The normalized spacial score (nSPS) is 9.29. The minimum absolute atomic E-state index is 0.819. The highest BCUT2D eigenvalue weighted by molar-refractivity contribution is 5.77. The summed E-state index contributed by atoms with van der Waals surface area (Å²) in [5.74, 6) is 0. The lowest BCUT2D eigenvalue weighted by Gasteiger charge is -1.91. The first-order chi connectivity index (χ1) is 6.88. The maximum absolute atomic E-state index is 5.03. The third-order valence-electron chi connectivity index (χ3n) is 1.80. The van der Waals surface area contributed by atoms with Gasteiger partial charge in [0.25, 0.3) is 0 Å². The van der Waals surface area contributed by atoms with Crippen LogP contribution in [0.15, 0.2) is 42.6 Å². The Kier molecular flexibility index (Phi) is 4.65. The summed E-state index contributed by atoms with van der Waals surface area (Å²) in [6.45, 7) is 2.88. The molecule has 0 radical (unpaired) electrons. The van der Waals surface area contributed by atoms with Gasteiger partial charge in [0.1, 0.15) is 0 Å². The molecule has 1 heterocycles. The standard InChI is InChI=1S/C9H7N.C3H9N/c1-2-6-9-8(4-1)5-3-7-10-9;1-2-3-4/h1-7H;2-4H2,1H3. The fraction of sp³-hybridized carbons (Fsp3) is 0.250. The second-order valence-corrected chi connectivity index (χ2v) is 2.98. The van der Waals surface area contributed by atoms with Gasteiger partial charge in [0.15, 0.2) is 0 Å². The molecule has 0 aliphatic heterocycles. The Labute approximate surface area is 84.8 Å². The van der Waals surface area contributed by atoms with Crippen LogP contribution in [0.2, 0.25) is 0 Å². The zero-order chi connectivity index (χ0) is 10.2. The molecule has 14 heavy (non-hydrogen) atoms. The molecule has 0 bridgehead atoms. The number of hydrogen-bond donors (Lipinski definition) is 1. The SMILES string of the molecule is CCCN.c1ccc2ncccc2c1. The van der Waals surface area contributed by atoms with E-state index in [1.165, 1.54) is 5.39 Å². The molecule has 2 aromatic rings. The number of hydrogen-bond acceptors (Lipinski definition) is 2. The van der Waals surface area contributed by atoms with Crippen molar-refractivity contribution < 1.29 is 0 Å². The molecule has 0 spiro atoms. The lowest BCUT2D eigenvalue weighted by Crippen LogP contribution is -1.93. The van der Waals surface area contributed by atoms with Crippen LogP contribution < -0.4 is 5.73 Å². The van der Waals surface area contributed by atoms with Crippen molar-refractivity contribution in [2.24, 2.45) is 5.73 Å². The predicted molar refractivity (Wildman–Crippen MR) is 61.1 cm³/mol. The van der Waals surface area contributed by atoms with Gasteiger partial charge in [-0.3, -0.25) is 4.98 Å². The van der Waals surface area contributed by atoms with Crippen LogP contribution in [0.5, 0.6) is 0 Å². The third kappa shape index (κ3) is 3.15. The van der Waals surface area contributed by atoms with Crippen molar-refractivity contribution in [3.63, 3.8) is 0 Å². The molecule has 0 fully saturated rings. The van der Waals surface area contributed by atoms with Gasteiger partial charge in [0, 0.05) is 11.6 Å². The van der Waals surface area contributed by atoms with Crippen LogP contribution in [0, 0.1) is 0 Å². The van der Waals surface area contributed by atoms with E-state index in [9.17, 15) is 0 Å². The number of nitrogens with zero attached hydrogens (tertiary/aromatic N) is 1. The average Bonchev–Trinajstić information content (AvgIpc) is 2.30. The van der Waals surface area contributed by atoms with Gasteiger partial charge in [-0.15, -0.1) is 0 Å². The Morgan fingerprint density at radius 3 is 2.43 bits per heavy atom. The molecular formula is C12H16N2. The molecule has 1 aromatic carbocycles. The summed E-state index contributed by atoms with van der Waals surface area (Å²) in [6, 6.07) is 12.1. The Balaban J connectivity index is 0.000000213. The van der Waals surface area contributed by atoms with E-state index >= 15 is 0 Å². The summed E-state index contributed by atoms with van der Waals surface area (Å²) in [6.07, 6.45) is 2.91. The number of benzene rings is 1. The molecule has 2 nitrogen and oxygen atoms in total. The monoisotopic (exact) mass is 188 g/mol. The average molecular weight is 188 g/mol. The van der Waals surface area contributed by atoms with Crippen LogP contribution in [0.25, 0.3) is 10.9 Å². The summed E-state index contributed by atoms with van der Waals surface area (Å²) in [4.78, 5) is 4.18. The van der Waals surface area contributed by atoms with E-state index in [-0.39, 0.29) is 0 Å². The van der Waals surface area contributed by atoms with Crippen LogP contribution in [0.4, 0.5) is 0 Å². The van der Waals surface area contributed by atoms with Gasteiger partial charge >= 0.3 is 0 Å². The molecule has 1 aromatic heterocycles. The van der Waals surface area contributed by atoms with Crippen LogP contribution in [-0.4, -0.2) is 11.5 Å². The molecule has 2 rings (SSSR count). The molecular weight excluding hydrogens is 172 g/mol. The molecule has 0 saturated heterocycles. The minimum atomic E-state index is 0.819. The fourth-order valence-electron chi connectivity index (χ4n) is 1.02. The van der Waals surface area contributed by atoms with E-state index < -0.39 is 0 Å². The first-order valence-corrected chi connectivity index (χ1v) is 4.88. The second-order valence-electron chi connectivity index (χ2n) is 2.98. The lowest BCUT2D eigenvalue weighted by molar-refractivity contribution is 0.932. The number of aromatic nitrogens is 1. The van der Waals surface area contributed by atoms with Gasteiger partial charge in [-0.05, 0) is 25.1 Å². The second kappa shape index (κ2) is 6.11. The number of fused-ring (bicyclic) bond motifs is 1. The highest BCUT2D eigenvalue weighted by atomic mass is 14.6. The van der Waals surface area contributed by atoms with Gasteiger partial charge < -0.3 is 5.73 Å². The summed E-state index contributed by atoms with van der Waals surface area (Å²) < 4.78 is 0. The summed E-state index contributed by atoms with van der Waals surface area (Å²) >= 11 is 0. The Bertz CT molecular complexity index is 304. The van der Waals surface area contributed by atoms with E-state index in [4.69, 9.17) is 5.73 Å². The van der Waals surface area contributed by atoms with Gasteiger partial charge in [-0.25, -0.2) is 0 Å². The zero-order valence-electron chi connectivity index (χ0n) is 8.48. The summed E-state index contributed by atoms with van der Waals surface area (Å²) in [7, 11) is 0. The Morgan fingerprint density at radius 1 is 1.14 bits per heavy atom. The molecule has 2 N–H and O–H groups in total. The van der Waals surface area contributed by atoms with Crippen molar-refractivity contribution in [1.29, 1.82) is 0 Å². The van der Waals surface area contributed by atoms with Crippen LogP contribution >= 0.6 is 0 Å². The Morgan fingerprint density at radius 2 is 1.79 bits per heavy atom. The van der Waals surface area contributed by atoms with Crippen LogP contribution in [0.3, 0.4) is 0 Å². The molecule has 0 unspecified atom stereocenters. The highest BCUT2D eigenvalue weighted by Gasteiger charge is 1.86.